The van der Waals surface area contributed by atoms with E-state index in [4.69, 9.17) is 9.15 Å². The van der Waals surface area contributed by atoms with Crippen LogP contribution in [0.5, 0.6) is 0 Å². The first-order chi connectivity index (χ1) is 11.8. The summed E-state index contributed by atoms with van der Waals surface area (Å²) in [5, 5.41) is 0. The second-order valence-corrected chi connectivity index (χ2v) is 9.41. The molecule has 2 bridgehead atoms. The van der Waals surface area contributed by atoms with Crippen LogP contribution >= 0.6 is 0 Å². The number of morpholine rings is 1. The standard InChI is InChI=1S/C17H24N2O5S/c1-25(21,22)18-10-14-4-5-15(24-14)16(20)19-6-7-23-17(11-19)9-12-2-3-13(17)8-12/h4-5,12-13,18H,2-3,6-11H2,1H3. The van der Waals surface area contributed by atoms with Crippen LogP contribution in [-0.4, -0.2) is 50.8 Å². The average molecular weight is 368 g/mol. The van der Waals surface area contributed by atoms with Crippen molar-refractivity contribution in [2.24, 2.45) is 11.8 Å². The zero-order valence-electron chi connectivity index (χ0n) is 14.4. The molecule has 1 aromatic rings. The van der Waals surface area contributed by atoms with Crippen molar-refractivity contribution in [3.8, 4) is 0 Å². The molecule has 4 rings (SSSR count). The molecule has 3 fully saturated rings. The van der Waals surface area contributed by atoms with Crippen LogP contribution in [0, 0.1) is 11.8 Å². The van der Waals surface area contributed by atoms with Crippen molar-refractivity contribution >= 4 is 15.9 Å². The molecule has 1 amide bonds. The van der Waals surface area contributed by atoms with Gasteiger partial charge in [-0.2, -0.15) is 0 Å². The fourth-order valence-electron chi connectivity index (χ4n) is 4.69. The molecule has 7 nitrogen and oxygen atoms in total. The number of fused-ring (bicyclic) bond motifs is 3. The molecule has 1 aromatic heterocycles. The molecule has 0 aromatic carbocycles. The zero-order chi connectivity index (χ0) is 17.7. The first-order valence-electron chi connectivity index (χ1n) is 8.81. The molecule has 3 atom stereocenters. The van der Waals surface area contributed by atoms with Crippen LogP contribution in [0.15, 0.2) is 16.5 Å². The van der Waals surface area contributed by atoms with Crippen molar-refractivity contribution in [1.29, 1.82) is 0 Å². The lowest BCUT2D eigenvalue weighted by Crippen LogP contribution is -2.56. The van der Waals surface area contributed by atoms with Crippen LogP contribution in [0.25, 0.3) is 0 Å². The maximum absolute atomic E-state index is 12.8. The van der Waals surface area contributed by atoms with Gasteiger partial charge in [0, 0.05) is 6.54 Å². The molecule has 1 N–H and O–H groups in total. The van der Waals surface area contributed by atoms with E-state index >= 15 is 0 Å². The first kappa shape index (κ1) is 17.1. The van der Waals surface area contributed by atoms with Crippen LogP contribution in [0.2, 0.25) is 0 Å². The van der Waals surface area contributed by atoms with Gasteiger partial charge in [-0.25, -0.2) is 13.1 Å². The maximum atomic E-state index is 12.8. The smallest absolute Gasteiger partial charge is 0.289 e. The normalized spacial score (nSPS) is 31.8. The molecule has 2 aliphatic carbocycles. The Hall–Kier alpha value is -1.38. The fourth-order valence-corrected chi connectivity index (χ4v) is 5.09. The lowest BCUT2D eigenvalue weighted by Gasteiger charge is -2.45. The third-order valence-corrected chi connectivity index (χ3v) is 6.47. The van der Waals surface area contributed by atoms with Crippen molar-refractivity contribution in [3.63, 3.8) is 0 Å². The minimum absolute atomic E-state index is 0.0446. The molecule has 1 spiro atoms. The minimum Gasteiger partial charge on any atom is -0.455 e. The molecule has 25 heavy (non-hydrogen) atoms. The Labute approximate surface area is 147 Å². The summed E-state index contributed by atoms with van der Waals surface area (Å²) in [7, 11) is -3.30. The quantitative estimate of drug-likeness (QED) is 0.867. The lowest BCUT2D eigenvalue weighted by molar-refractivity contribution is -0.129. The Morgan fingerprint density at radius 3 is 2.92 bits per heavy atom. The van der Waals surface area contributed by atoms with Gasteiger partial charge in [-0.3, -0.25) is 4.79 Å². The summed E-state index contributed by atoms with van der Waals surface area (Å²) in [6.45, 7) is 1.81. The first-order valence-corrected chi connectivity index (χ1v) is 10.7. The highest BCUT2D eigenvalue weighted by Gasteiger charge is 2.54. The second-order valence-electron chi connectivity index (χ2n) is 7.58. The maximum Gasteiger partial charge on any atom is 0.289 e. The number of rotatable bonds is 4. The van der Waals surface area contributed by atoms with E-state index in [9.17, 15) is 13.2 Å². The van der Waals surface area contributed by atoms with Crippen molar-refractivity contribution in [2.75, 3.05) is 26.0 Å². The zero-order valence-corrected chi connectivity index (χ0v) is 15.2. The molecule has 2 saturated carbocycles. The van der Waals surface area contributed by atoms with Crippen molar-refractivity contribution < 1.29 is 22.4 Å². The minimum atomic E-state index is -3.30. The SMILES string of the molecule is CS(=O)(=O)NCc1ccc(C(=O)N2CCOC3(CC4CCC3C4)C2)o1. The molecule has 3 aliphatic rings. The molecular weight excluding hydrogens is 344 g/mol. The fraction of sp³-hybridized carbons (Fsp3) is 0.706. The van der Waals surface area contributed by atoms with Crippen LogP contribution in [0.3, 0.4) is 0 Å². The van der Waals surface area contributed by atoms with Crippen LogP contribution in [-0.2, 0) is 21.3 Å². The number of hydrogen-bond acceptors (Lipinski definition) is 5. The van der Waals surface area contributed by atoms with E-state index in [-0.39, 0.29) is 23.8 Å². The molecule has 3 unspecified atom stereocenters. The van der Waals surface area contributed by atoms with Gasteiger partial charge in [-0.05, 0) is 49.7 Å². The summed E-state index contributed by atoms with van der Waals surface area (Å²) in [5.41, 5.74) is -0.163. The second kappa shape index (κ2) is 6.10. The number of carbonyl (C=O) groups is 1. The average Bonchev–Trinajstić information content (AvgIpc) is 3.27. The summed E-state index contributed by atoms with van der Waals surface area (Å²) in [4.78, 5) is 14.6. The molecular formula is C17H24N2O5S. The van der Waals surface area contributed by atoms with Gasteiger partial charge in [-0.1, -0.05) is 0 Å². The van der Waals surface area contributed by atoms with Crippen LogP contribution in [0.4, 0.5) is 0 Å². The van der Waals surface area contributed by atoms with Crippen molar-refractivity contribution in [3.05, 3.63) is 23.7 Å². The Bertz CT molecular complexity index is 774. The van der Waals surface area contributed by atoms with Gasteiger partial charge >= 0.3 is 0 Å². The molecule has 138 valence electrons. The largest absolute Gasteiger partial charge is 0.455 e. The monoisotopic (exact) mass is 368 g/mol. The van der Waals surface area contributed by atoms with Gasteiger partial charge in [0.15, 0.2) is 5.76 Å². The third kappa shape index (κ3) is 3.35. The summed E-state index contributed by atoms with van der Waals surface area (Å²) in [6, 6.07) is 3.25. The van der Waals surface area contributed by atoms with Gasteiger partial charge in [0.25, 0.3) is 5.91 Å². The van der Waals surface area contributed by atoms with E-state index in [0.29, 0.717) is 31.4 Å². The van der Waals surface area contributed by atoms with Gasteiger partial charge in [-0.15, -0.1) is 0 Å². The van der Waals surface area contributed by atoms with Crippen LogP contribution < -0.4 is 4.72 Å². The van der Waals surface area contributed by atoms with Crippen molar-refractivity contribution in [1.82, 2.24) is 9.62 Å². The number of furan rings is 1. The Balaban J connectivity index is 1.43. The number of nitrogens with zero attached hydrogens (tertiary/aromatic N) is 1. The number of hydrogen-bond donors (Lipinski definition) is 1. The Morgan fingerprint density at radius 1 is 1.40 bits per heavy atom. The van der Waals surface area contributed by atoms with E-state index in [2.05, 4.69) is 4.72 Å². The van der Waals surface area contributed by atoms with Gasteiger partial charge in [0.05, 0.1) is 31.6 Å². The van der Waals surface area contributed by atoms with Gasteiger partial charge < -0.3 is 14.1 Å². The molecule has 1 saturated heterocycles. The number of sulfonamides is 1. The molecule has 0 radical (unpaired) electrons. The topological polar surface area (TPSA) is 88.9 Å². The summed E-state index contributed by atoms with van der Waals surface area (Å²) in [6.07, 6.45) is 5.87. The van der Waals surface area contributed by atoms with Gasteiger partial charge in [0.2, 0.25) is 10.0 Å². The number of amides is 1. The van der Waals surface area contributed by atoms with E-state index in [0.717, 1.165) is 18.6 Å². The molecule has 2 heterocycles. The lowest BCUT2D eigenvalue weighted by atomic mass is 9.82. The van der Waals surface area contributed by atoms with E-state index < -0.39 is 10.0 Å². The molecule has 1 aliphatic heterocycles. The summed E-state index contributed by atoms with van der Waals surface area (Å²) in [5.74, 6) is 1.86. The predicted molar refractivity (Wildman–Crippen MR) is 90.4 cm³/mol. The number of ether oxygens (including phenoxy) is 1. The summed E-state index contributed by atoms with van der Waals surface area (Å²) >= 11 is 0. The summed E-state index contributed by atoms with van der Waals surface area (Å²) < 4.78 is 36.4. The Kier molecular flexibility index (Phi) is 4.16. The number of nitrogens with one attached hydrogen (secondary N) is 1. The van der Waals surface area contributed by atoms with Crippen LogP contribution in [0.1, 0.15) is 42.0 Å². The highest BCUT2D eigenvalue weighted by molar-refractivity contribution is 7.88. The van der Waals surface area contributed by atoms with E-state index in [1.165, 1.54) is 19.3 Å². The van der Waals surface area contributed by atoms with Crippen molar-refractivity contribution in [2.45, 2.75) is 37.8 Å². The highest BCUT2D eigenvalue weighted by Crippen LogP contribution is 2.53. The Morgan fingerprint density at radius 2 is 2.24 bits per heavy atom. The predicted octanol–water partition coefficient (Wildman–Crippen LogP) is 1.36. The van der Waals surface area contributed by atoms with E-state index in [1.807, 2.05) is 4.90 Å². The highest BCUT2D eigenvalue weighted by atomic mass is 32.2. The third-order valence-electron chi connectivity index (χ3n) is 5.80. The van der Waals surface area contributed by atoms with E-state index in [1.54, 1.807) is 12.1 Å². The number of carbonyl (C=O) groups excluding carboxylic acids is 1. The van der Waals surface area contributed by atoms with Gasteiger partial charge in [0.1, 0.15) is 5.76 Å². The molecule has 8 heteroatoms.